The van der Waals surface area contributed by atoms with Gasteiger partial charge in [0.15, 0.2) is 0 Å². The number of pyridine rings is 1. The minimum absolute atomic E-state index is 0.109. The number of hydrogen-bond donors (Lipinski definition) is 1. The monoisotopic (exact) mass is 295 g/mol. The number of nitrogens with zero attached hydrogens (tertiary/aromatic N) is 2. The summed E-state index contributed by atoms with van der Waals surface area (Å²) in [7, 11) is 0. The van der Waals surface area contributed by atoms with E-state index in [4.69, 9.17) is 4.74 Å². The van der Waals surface area contributed by atoms with Gasteiger partial charge >= 0.3 is 0 Å². The van der Waals surface area contributed by atoms with Crippen LogP contribution >= 0.6 is 0 Å². The summed E-state index contributed by atoms with van der Waals surface area (Å²) in [6.07, 6.45) is 5.85. The predicted molar refractivity (Wildman–Crippen MR) is 82.3 cm³/mol. The lowest BCUT2D eigenvalue weighted by atomic mass is 10.0. The third-order valence-electron chi connectivity index (χ3n) is 3.74. The summed E-state index contributed by atoms with van der Waals surface area (Å²) in [6, 6.07) is 2.98. The number of alkyl halides is 1. The predicted octanol–water partition coefficient (Wildman–Crippen LogP) is 2.39. The molecular formula is C16H26FN3O. The Bertz CT molecular complexity index is 420. The van der Waals surface area contributed by atoms with Crippen LogP contribution in [0.2, 0.25) is 0 Å². The van der Waals surface area contributed by atoms with Crippen LogP contribution in [0.3, 0.4) is 0 Å². The first-order chi connectivity index (χ1) is 10.2. The average Bonchev–Trinajstić information content (AvgIpc) is 2.48. The van der Waals surface area contributed by atoms with Gasteiger partial charge < -0.3 is 10.1 Å². The molecule has 0 saturated carbocycles. The number of piperidine rings is 1. The summed E-state index contributed by atoms with van der Waals surface area (Å²) < 4.78 is 17.7. The standard InChI is InChI=1S/C16H26FN3O/c1-13(2)19-15-4-8-20(9-5-15)12-14-11-18-7-3-16(14)21-10-6-17/h3,7,11,13,15,19H,4-6,8-10,12H2,1-2H3. The second-order valence-electron chi connectivity index (χ2n) is 5.89. The molecule has 0 amide bonds. The van der Waals surface area contributed by atoms with Crippen molar-refractivity contribution < 1.29 is 9.13 Å². The van der Waals surface area contributed by atoms with Crippen LogP contribution in [0, 0.1) is 0 Å². The van der Waals surface area contributed by atoms with E-state index in [-0.39, 0.29) is 6.61 Å². The molecule has 0 spiro atoms. The zero-order valence-corrected chi connectivity index (χ0v) is 13.0. The molecule has 0 bridgehead atoms. The summed E-state index contributed by atoms with van der Waals surface area (Å²) in [5, 5.41) is 3.60. The van der Waals surface area contributed by atoms with E-state index in [2.05, 4.69) is 29.0 Å². The van der Waals surface area contributed by atoms with Crippen molar-refractivity contribution in [1.29, 1.82) is 0 Å². The summed E-state index contributed by atoms with van der Waals surface area (Å²) in [5.41, 5.74) is 1.04. The van der Waals surface area contributed by atoms with Crippen molar-refractivity contribution in [3.63, 3.8) is 0 Å². The largest absolute Gasteiger partial charge is 0.490 e. The lowest BCUT2D eigenvalue weighted by Gasteiger charge is -2.33. The van der Waals surface area contributed by atoms with Gasteiger partial charge in [0.05, 0.1) is 0 Å². The maximum absolute atomic E-state index is 12.3. The topological polar surface area (TPSA) is 37.4 Å². The van der Waals surface area contributed by atoms with E-state index < -0.39 is 6.67 Å². The van der Waals surface area contributed by atoms with Crippen molar-refractivity contribution in [2.24, 2.45) is 0 Å². The van der Waals surface area contributed by atoms with Crippen LogP contribution < -0.4 is 10.1 Å². The molecule has 5 heteroatoms. The van der Waals surface area contributed by atoms with E-state index in [1.54, 1.807) is 6.20 Å². The zero-order chi connectivity index (χ0) is 15.1. The molecule has 1 aliphatic rings. The molecule has 0 atom stereocenters. The molecule has 4 nitrogen and oxygen atoms in total. The lowest BCUT2D eigenvalue weighted by Crippen LogP contribution is -2.44. The molecule has 0 unspecified atom stereocenters. The van der Waals surface area contributed by atoms with Gasteiger partial charge in [-0.15, -0.1) is 0 Å². The highest BCUT2D eigenvalue weighted by molar-refractivity contribution is 5.30. The molecule has 1 aromatic heterocycles. The first-order valence-corrected chi connectivity index (χ1v) is 7.79. The second kappa shape index (κ2) is 8.29. The fourth-order valence-electron chi connectivity index (χ4n) is 2.79. The highest BCUT2D eigenvalue weighted by Crippen LogP contribution is 2.21. The van der Waals surface area contributed by atoms with Crippen LogP contribution in [0.25, 0.3) is 0 Å². The number of rotatable bonds is 7. The Hall–Kier alpha value is -1.20. The Morgan fingerprint density at radius 2 is 2.19 bits per heavy atom. The zero-order valence-electron chi connectivity index (χ0n) is 13.0. The fourth-order valence-corrected chi connectivity index (χ4v) is 2.79. The normalized spacial score (nSPS) is 17.3. The fraction of sp³-hybridized carbons (Fsp3) is 0.688. The molecule has 0 aromatic carbocycles. The van der Waals surface area contributed by atoms with Crippen molar-refractivity contribution in [1.82, 2.24) is 15.2 Å². The maximum Gasteiger partial charge on any atom is 0.127 e. The van der Waals surface area contributed by atoms with Gasteiger partial charge in [-0.1, -0.05) is 13.8 Å². The SMILES string of the molecule is CC(C)NC1CCN(Cc2cnccc2OCCF)CC1. The minimum atomic E-state index is -0.464. The van der Waals surface area contributed by atoms with Crippen molar-refractivity contribution >= 4 is 0 Å². The maximum atomic E-state index is 12.3. The Balaban J connectivity index is 1.85. The third kappa shape index (κ3) is 5.25. The molecule has 0 aliphatic carbocycles. The second-order valence-corrected chi connectivity index (χ2v) is 5.89. The van der Waals surface area contributed by atoms with E-state index in [0.717, 1.165) is 30.9 Å². The van der Waals surface area contributed by atoms with Gasteiger partial charge in [-0.2, -0.15) is 0 Å². The quantitative estimate of drug-likeness (QED) is 0.838. The Morgan fingerprint density at radius 1 is 1.43 bits per heavy atom. The molecule has 21 heavy (non-hydrogen) atoms. The highest BCUT2D eigenvalue weighted by Gasteiger charge is 2.20. The molecule has 1 saturated heterocycles. The number of aromatic nitrogens is 1. The third-order valence-corrected chi connectivity index (χ3v) is 3.74. The van der Waals surface area contributed by atoms with Gasteiger partial charge in [-0.05, 0) is 32.0 Å². The van der Waals surface area contributed by atoms with Crippen LogP contribution in [-0.2, 0) is 6.54 Å². The summed E-state index contributed by atoms with van der Waals surface area (Å²) in [4.78, 5) is 6.57. The molecule has 1 N–H and O–H groups in total. The van der Waals surface area contributed by atoms with E-state index in [9.17, 15) is 4.39 Å². The van der Waals surface area contributed by atoms with E-state index in [1.807, 2.05) is 12.3 Å². The smallest absolute Gasteiger partial charge is 0.127 e. The van der Waals surface area contributed by atoms with Gasteiger partial charge in [0.25, 0.3) is 0 Å². The van der Waals surface area contributed by atoms with Gasteiger partial charge in [-0.3, -0.25) is 9.88 Å². The minimum Gasteiger partial charge on any atom is -0.490 e. The summed E-state index contributed by atoms with van der Waals surface area (Å²) >= 11 is 0. The molecule has 1 aromatic rings. The Labute approximate surface area is 126 Å². The van der Waals surface area contributed by atoms with Crippen molar-refractivity contribution in [2.75, 3.05) is 26.4 Å². The summed E-state index contributed by atoms with van der Waals surface area (Å²) in [5.74, 6) is 0.755. The number of halogens is 1. The molecule has 1 aliphatic heterocycles. The van der Waals surface area contributed by atoms with Crippen molar-refractivity contribution in [3.05, 3.63) is 24.0 Å². The van der Waals surface area contributed by atoms with Gasteiger partial charge in [0, 0.05) is 36.6 Å². The number of nitrogens with one attached hydrogen (secondary N) is 1. The van der Waals surface area contributed by atoms with E-state index in [1.165, 1.54) is 12.8 Å². The number of likely N-dealkylation sites (tertiary alicyclic amines) is 1. The molecule has 1 fully saturated rings. The average molecular weight is 295 g/mol. The van der Waals surface area contributed by atoms with Gasteiger partial charge in [0.1, 0.15) is 19.0 Å². The van der Waals surface area contributed by atoms with E-state index >= 15 is 0 Å². The molecule has 2 heterocycles. The van der Waals surface area contributed by atoms with Gasteiger partial charge in [0.2, 0.25) is 0 Å². The number of ether oxygens (including phenoxy) is 1. The number of hydrogen-bond acceptors (Lipinski definition) is 4. The first kappa shape index (κ1) is 16.2. The van der Waals surface area contributed by atoms with Crippen LogP contribution in [0.1, 0.15) is 32.3 Å². The summed E-state index contributed by atoms with van der Waals surface area (Å²) in [6.45, 7) is 6.99. The van der Waals surface area contributed by atoms with Crippen molar-refractivity contribution in [3.8, 4) is 5.75 Å². The van der Waals surface area contributed by atoms with Crippen LogP contribution in [0.4, 0.5) is 4.39 Å². The van der Waals surface area contributed by atoms with Crippen LogP contribution in [0.15, 0.2) is 18.5 Å². The Kier molecular flexibility index (Phi) is 6.39. The Morgan fingerprint density at radius 3 is 2.86 bits per heavy atom. The lowest BCUT2D eigenvalue weighted by molar-refractivity contribution is 0.183. The molecule has 2 rings (SSSR count). The molecular weight excluding hydrogens is 269 g/mol. The molecule has 118 valence electrons. The highest BCUT2D eigenvalue weighted by atomic mass is 19.1. The van der Waals surface area contributed by atoms with Crippen LogP contribution in [-0.4, -0.2) is 48.3 Å². The van der Waals surface area contributed by atoms with Crippen molar-refractivity contribution in [2.45, 2.75) is 45.3 Å². The molecule has 0 radical (unpaired) electrons. The van der Waals surface area contributed by atoms with E-state index in [0.29, 0.717) is 12.1 Å². The first-order valence-electron chi connectivity index (χ1n) is 7.79. The van der Waals surface area contributed by atoms with Crippen LogP contribution in [0.5, 0.6) is 5.75 Å². The van der Waals surface area contributed by atoms with Gasteiger partial charge in [-0.25, -0.2) is 4.39 Å².